The molecule has 3 rings (SSSR count). The third-order valence-corrected chi connectivity index (χ3v) is 7.26. The summed E-state index contributed by atoms with van der Waals surface area (Å²) in [5.41, 5.74) is 0.293. The van der Waals surface area contributed by atoms with E-state index in [1.54, 1.807) is 0 Å². The lowest BCUT2D eigenvalue weighted by Crippen LogP contribution is -2.42. The molecule has 1 saturated heterocycles. The number of amides is 1. The number of nitrogens with zero attached hydrogens (tertiary/aromatic N) is 1. The average molecular weight is 483 g/mol. The van der Waals surface area contributed by atoms with Gasteiger partial charge in [0, 0.05) is 13.1 Å². The van der Waals surface area contributed by atoms with Crippen molar-refractivity contribution in [2.45, 2.75) is 25.2 Å². The Morgan fingerprint density at radius 2 is 1.75 bits per heavy atom. The lowest BCUT2D eigenvalue weighted by Gasteiger charge is -2.34. The fourth-order valence-corrected chi connectivity index (χ4v) is 5.60. The second-order valence-electron chi connectivity index (χ2n) is 8.04. The van der Waals surface area contributed by atoms with Gasteiger partial charge in [-0.25, -0.2) is 17.6 Å². The molecule has 0 bridgehead atoms. The molecule has 1 heterocycles. The first-order valence-corrected chi connectivity index (χ1v) is 11.9. The molecule has 10 heteroatoms. The van der Waals surface area contributed by atoms with Gasteiger partial charge in [0.05, 0.1) is 21.2 Å². The van der Waals surface area contributed by atoms with Gasteiger partial charge in [0.15, 0.2) is 6.61 Å². The molecule has 1 N–H and O–H groups in total. The molecule has 1 aliphatic heterocycles. The van der Waals surface area contributed by atoms with E-state index in [1.807, 2.05) is 13.8 Å². The molecule has 0 radical (unpaired) electrons. The Hall–Kier alpha value is -2.49. The van der Waals surface area contributed by atoms with Crippen LogP contribution in [0.4, 0.5) is 10.1 Å². The summed E-state index contributed by atoms with van der Waals surface area (Å²) in [4.78, 5) is 24.3. The Bertz CT molecular complexity index is 1100. The number of esters is 1. The van der Waals surface area contributed by atoms with Crippen LogP contribution in [-0.4, -0.2) is 44.3 Å². The van der Waals surface area contributed by atoms with E-state index >= 15 is 0 Å². The van der Waals surface area contributed by atoms with Gasteiger partial charge in [-0.1, -0.05) is 25.4 Å². The van der Waals surface area contributed by atoms with Crippen molar-refractivity contribution in [1.82, 2.24) is 4.31 Å². The van der Waals surface area contributed by atoms with Crippen LogP contribution in [0, 0.1) is 17.7 Å². The molecule has 0 spiro atoms. The molecule has 32 heavy (non-hydrogen) atoms. The minimum Gasteiger partial charge on any atom is -0.452 e. The first-order chi connectivity index (χ1) is 15.1. The number of anilines is 1. The van der Waals surface area contributed by atoms with Crippen molar-refractivity contribution in [3.8, 4) is 0 Å². The molecule has 1 fully saturated rings. The number of hydrogen-bond acceptors (Lipinski definition) is 5. The second kappa shape index (κ2) is 9.97. The molecule has 2 aromatic rings. The van der Waals surface area contributed by atoms with E-state index in [2.05, 4.69) is 5.32 Å². The van der Waals surface area contributed by atoms with Crippen molar-refractivity contribution < 1.29 is 27.1 Å². The Morgan fingerprint density at radius 3 is 2.34 bits per heavy atom. The van der Waals surface area contributed by atoms with E-state index in [1.165, 1.54) is 34.6 Å². The summed E-state index contributed by atoms with van der Waals surface area (Å²) in [5.74, 6) is -1.43. The second-order valence-corrected chi connectivity index (χ2v) is 10.4. The van der Waals surface area contributed by atoms with E-state index in [-0.39, 0.29) is 33.0 Å². The predicted molar refractivity (Wildman–Crippen MR) is 118 cm³/mol. The Morgan fingerprint density at radius 1 is 1.12 bits per heavy atom. The molecule has 0 saturated carbocycles. The van der Waals surface area contributed by atoms with Crippen molar-refractivity contribution in [1.29, 1.82) is 0 Å². The Kier molecular flexibility index (Phi) is 7.53. The van der Waals surface area contributed by atoms with Crippen molar-refractivity contribution in [2.75, 3.05) is 25.0 Å². The standard InChI is InChI=1S/C22H24ClFN2O5S/c1-14-9-15(2)12-26(11-14)32(29,30)18-6-3-16(4-7-18)22(28)31-13-21(27)25-20-8-5-17(24)10-19(20)23/h3-8,10,14-15H,9,11-13H2,1-2H3,(H,25,27). The fourth-order valence-electron chi connectivity index (χ4n) is 3.71. The minimum atomic E-state index is -3.66. The van der Waals surface area contributed by atoms with Crippen LogP contribution < -0.4 is 5.32 Å². The maximum absolute atomic E-state index is 13.1. The smallest absolute Gasteiger partial charge is 0.338 e. The van der Waals surface area contributed by atoms with Crippen LogP contribution in [-0.2, 0) is 19.6 Å². The SMILES string of the molecule is CC1CC(C)CN(S(=O)(=O)c2ccc(C(=O)OCC(=O)Nc3ccc(F)cc3Cl)cc2)C1. The first kappa shape index (κ1) is 24.2. The molecule has 2 aromatic carbocycles. The van der Waals surface area contributed by atoms with Gasteiger partial charge in [0.2, 0.25) is 10.0 Å². The highest BCUT2D eigenvalue weighted by atomic mass is 35.5. The van der Waals surface area contributed by atoms with Crippen molar-refractivity contribution >= 4 is 39.2 Å². The van der Waals surface area contributed by atoms with E-state index in [0.717, 1.165) is 18.6 Å². The lowest BCUT2D eigenvalue weighted by molar-refractivity contribution is -0.119. The number of hydrogen-bond donors (Lipinski definition) is 1. The number of carbonyl (C=O) groups is 2. The normalized spacial score (nSPS) is 19.4. The van der Waals surface area contributed by atoms with Crippen LogP contribution in [0.5, 0.6) is 0 Å². The number of ether oxygens (including phenoxy) is 1. The van der Waals surface area contributed by atoms with Crippen molar-refractivity contribution in [3.05, 3.63) is 58.9 Å². The number of sulfonamides is 1. The summed E-state index contributed by atoms with van der Waals surface area (Å²) in [6, 6.07) is 8.88. The highest BCUT2D eigenvalue weighted by Crippen LogP contribution is 2.27. The third-order valence-electron chi connectivity index (χ3n) is 5.10. The zero-order valence-electron chi connectivity index (χ0n) is 17.7. The summed E-state index contributed by atoms with van der Waals surface area (Å²) >= 11 is 5.84. The van der Waals surface area contributed by atoms with Crippen LogP contribution in [0.1, 0.15) is 30.6 Å². The van der Waals surface area contributed by atoms with Crippen LogP contribution in [0.25, 0.3) is 0 Å². The van der Waals surface area contributed by atoms with E-state index in [4.69, 9.17) is 16.3 Å². The Balaban J connectivity index is 1.59. The van der Waals surface area contributed by atoms with Crippen molar-refractivity contribution in [3.63, 3.8) is 0 Å². The maximum atomic E-state index is 13.1. The molecule has 172 valence electrons. The summed E-state index contributed by atoms with van der Waals surface area (Å²) in [6.07, 6.45) is 0.984. The third kappa shape index (κ3) is 5.85. The molecular formula is C22H24ClFN2O5S. The molecule has 0 aliphatic carbocycles. The minimum absolute atomic E-state index is 0.0129. The molecule has 1 amide bonds. The van der Waals surface area contributed by atoms with Gasteiger partial charge in [0.25, 0.3) is 5.91 Å². The van der Waals surface area contributed by atoms with Crippen LogP contribution >= 0.6 is 11.6 Å². The van der Waals surface area contributed by atoms with Crippen LogP contribution in [0.15, 0.2) is 47.4 Å². The Labute approximate surface area is 191 Å². The van der Waals surface area contributed by atoms with Crippen LogP contribution in [0.2, 0.25) is 5.02 Å². The van der Waals surface area contributed by atoms with Gasteiger partial charge in [0.1, 0.15) is 5.82 Å². The largest absolute Gasteiger partial charge is 0.452 e. The number of carbonyl (C=O) groups excluding carboxylic acids is 2. The molecular weight excluding hydrogens is 459 g/mol. The monoisotopic (exact) mass is 482 g/mol. The first-order valence-electron chi connectivity index (χ1n) is 10.1. The van der Waals surface area contributed by atoms with Gasteiger partial charge in [-0.2, -0.15) is 4.31 Å². The molecule has 2 atom stereocenters. The van der Waals surface area contributed by atoms with Gasteiger partial charge in [-0.05, 0) is 60.7 Å². The summed E-state index contributed by atoms with van der Waals surface area (Å²) in [6.45, 7) is 4.39. The number of benzene rings is 2. The average Bonchev–Trinajstić information content (AvgIpc) is 2.73. The highest BCUT2D eigenvalue weighted by molar-refractivity contribution is 7.89. The van der Waals surface area contributed by atoms with E-state index < -0.39 is 34.3 Å². The molecule has 0 aromatic heterocycles. The summed E-state index contributed by atoms with van der Waals surface area (Å²) < 4.78 is 45.3. The van der Waals surface area contributed by atoms with Gasteiger partial charge >= 0.3 is 5.97 Å². The number of halogens is 2. The van der Waals surface area contributed by atoms with Gasteiger partial charge < -0.3 is 10.1 Å². The molecule has 1 aliphatic rings. The number of nitrogens with one attached hydrogen (secondary N) is 1. The number of piperidine rings is 1. The van der Waals surface area contributed by atoms with E-state index in [9.17, 15) is 22.4 Å². The zero-order valence-corrected chi connectivity index (χ0v) is 19.2. The summed E-state index contributed by atoms with van der Waals surface area (Å²) in [7, 11) is -3.66. The molecule has 2 unspecified atom stereocenters. The fraction of sp³-hybridized carbons (Fsp3) is 0.364. The highest BCUT2D eigenvalue weighted by Gasteiger charge is 2.31. The number of rotatable bonds is 6. The molecule has 7 nitrogen and oxygen atoms in total. The summed E-state index contributed by atoms with van der Waals surface area (Å²) in [5, 5.41) is 2.43. The van der Waals surface area contributed by atoms with Crippen LogP contribution in [0.3, 0.4) is 0 Å². The van der Waals surface area contributed by atoms with Gasteiger partial charge in [-0.15, -0.1) is 0 Å². The van der Waals surface area contributed by atoms with E-state index in [0.29, 0.717) is 13.1 Å². The quantitative estimate of drug-likeness (QED) is 0.629. The lowest BCUT2D eigenvalue weighted by atomic mass is 9.94. The predicted octanol–water partition coefficient (Wildman–Crippen LogP) is 3.94. The van der Waals surface area contributed by atoms with Gasteiger partial charge in [-0.3, -0.25) is 4.79 Å². The maximum Gasteiger partial charge on any atom is 0.338 e. The topological polar surface area (TPSA) is 92.8 Å². The van der Waals surface area contributed by atoms with Crippen molar-refractivity contribution in [2.24, 2.45) is 11.8 Å². The zero-order chi connectivity index (χ0) is 23.5.